The number of nitro benzene ring substituents is 1. The van der Waals surface area contributed by atoms with E-state index in [0.29, 0.717) is 12.2 Å². The zero-order valence-electron chi connectivity index (χ0n) is 11.2. The molecular formula is C14H13N3O4. The first kappa shape index (κ1) is 14.4. The van der Waals surface area contributed by atoms with Crippen LogP contribution in [0.2, 0.25) is 0 Å². The van der Waals surface area contributed by atoms with E-state index < -0.39 is 10.9 Å². The van der Waals surface area contributed by atoms with Crippen LogP contribution in [0.3, 0.4) is 0 Å². The maximum atomic E-state index is 11.1. The van der Waals surface area contributed by atoms with E-state index in [1.807, 2.05) is 0 Å². The molecule has 21 heavy (non-hydrogen) atoms. The Kier molecular flexibility index (Phi) is 4.13. The van der Waals surface area contributed by atoms with E-state index in [-0.39, 0.29) is 17.1 Å². The second-order valence-corrected chi connectivity index (χ2v) is 4.43. The molecule has 108 valence electrons. The van der Waals surface area contributed by atoms with Gasteiger partial charge in [-0.1, -0.05) is 12.1 Å². The minimum Gasteiger partial charge on any atom is -0.478 e. The first-order chi connectivity index (χ1) is 9.97. The smallest absolute Gasteiger partial charge is 0.339 e. The molecule has 1 aromatic carbocycles. The van der Waals surface area contributed by atoms with Gasteiger partial charge >= 0.3 is 5.97 Å². The quantitative estimate of drug-likeness (QED) is 0.646. The lowest BCUT2D eigenvalue weighted by Gasteiger charge is -2.09. The molecule has 2 rings (SSSR count). The van der Waals surface area contributed by atoms with Gasteiger partial charge in [-0.05, 0) is 24.6 Å². The number of aromatic nitrogens is 1. The van der Waals surface area contributed by atoms with Crippen LogP contribution in [0.25, 0.3) is 0 Å². The maximum Gasteiger partial charge on any atom is 0.339 e. The summed E-state index contributed by atoms with van der Waals surface area (Å²) >= 11 is 0. The molecule has 0 atom stereocenters. The first-order valence-electron chi connectivity index (χ1n) is 6.15. The fourth-order valence-corrected chi connectivity index (χ4v) is 1.79. The molecule has 0 aliphatic carbocycles. The normalized spacial score (nSPS) is 10.1. The number of nitro groups is 1. The summed E-state index contributed by atoms with van der Waals surface area (Å²) in [4.78, 5) is 25.4. The number of pyridine rings is 1. The number of nitrogens with zero attached hydrogens (tertiary/aromatic N) is 2. The third kappa shape index (κ3) is 3.53. The van der Waals surface area contributed by atoms with Crippen LogP contribution >= 0.6 is 0 Å². The third-order valence-electron chi connectivity index (χ3n) is 2.87. The summed E-state index contributed by atoms with van der Waals surface area (Å²) in [5, 5.41) is 22.6. The molecule has 0 radical (unpaired) electrons. The van der Waals surface area contributed by atoms with Gasteiger partial charge in [0.1, 0.15) is 11.4 Å². The number of carboxylic acids is 1. The predicted octanol–water partition coefficient (Wildman–Crippen LogP) is 2.61. The average molecular weight is 287 g/mol. The SMILES string of the molecule is Cc1ccc(C(=O)O)c(NCc2ccc([N+](=O)[O-])cc2)n1. The van der Waals surface area contributed by atoms with Crippen molar-refractivity contribution in [3.8, 4) is 0 Å². The molecule has 1 heterocycles. The molecule has 0 saturated carbocycles. The molecule has 0 saturated heterocycles. The number of aromatic carboxylic acids is 1. The van der Waals surface area contributed by atoms with E-state index in [4.69, 9.17) is 5.11 Å². The van der Waals surface area contributed by atoms with Crippen LogP contribution in [-0.4, -0.2) is 21.0 Å². The molecule has 0 spiro atoms. The monoisotopic (exact) mass is 287 g/mol. The zero-order chi connectivity index (χ0) is 15.4. The number of hydrogen-bond acceptors (Lipinski definition) is 5. The van der Waals surface area contributed by atoms with Gasteiger partial charge in [0.15, 0.2) is 0 Å². The number of hydrogen-bond donors (Lipinski definition) is 2. The summed E-state index contributed by atoms with van der Waals surface area (Å²) in [5.74, 6) is -0.783. The van der Waals surface area contributed by atoms with E-state index in [1.165, 1.54) is 18.2 Å². The number of rotatable bonds is 5. The molecule has 2 N–H and O–H groups in total. The van der Waals surface area contributed by atoms with Crippen LogP contribution in [-0.2, 0) is 6.54 Å². The largest absolute Gasteiger partial charge is 0.478 e. The fraction of sp³-hybridized carbons (Fsp3) is 0.143. The van der Waals surface area contributed by atoms with Gasteiger partial charge in [0.05, 0.1) is 4.92 Å². The number of anilines is 1. The summed E-state index contributed by atoms with van der Waals surface area (Å²) in [5.41, 5.74) is 1.59. The van der Waals surface area contributed by atoms with Crippen molar-refractivity contribution in [2.75, 3.05) is 5.32 Å². The summed E-state index contributed by atoms with van der Waals surface area (Å²) in [6.45, 7) is 2.09. The van der Waals surface area contributed by atoms with Crippen molar-refractivity contribution >= 4 is 17.5 Å². The van der Waals surface area contributed by atoms with Crippen LogP contribution < -0.4 is 5.32 Å². The maximum absolute atomic E-state index is 11.1. The summed E-state index contributed by atoms with van der Waals surface area (Å²) in [6, 6.07) is 9.14. The van der Waals surface area contributed by atoms with Gasteiger partial charge in [0.2, 0.25) is 0 Å². The number of non-ortho nitro benzene ring substituents is 1. The van der Waals surface area contributed by atoms with E-state index in [1.54, 1.807) is 25.1 Å². The molecule has 0 unspecified atom stereocenters. The minimum atomic E-state index is -1.06. The van der Waals surface area contributed by atoms with E-state index in [0.717, 1.165) is 5.56 Å². The van der Waals surface area contributed by atoms with Crippen molar-refractivity contribution in [1.82, 2.24) is 4.98 Å². The van der Waals surface area contributed by atoms with Crippen LogP contribution in [0.1, 0.15) is 21.6 Å². The Morgan fingerprint density at radius 3 is 2.52 bits per heavy atom. The van der Waals surface area contributed by atoms with Crippen LogP contribution in [0.15, 0.2) is 36.4 Å². The second kappa shape index (κ2) is 6.00. The van der Waals surface area contributed by atoms with E-state index in [2.05, 4.69) is 10.3 Å². The van der Waals surface area contributed by atoms with Crippen molar-refractivity contribution in [3.05, 3.63) is 63.3 Å². The second-order valence-electron chi connectivity index (χ2n) is 4.43. The van der Waals surface area contributed by atoms with Gasteiger partial charge < -0.3 is 10.4 Å². The van der Waals surface area contributed by atoms with Gasteiger partial charge in [0.25, 0.3) is 5.69 Å². The van der Waals surface area contributed by atoms with Crippen LogP contribution in [0.4, 0.5) is 11.5 Å². The average Bonchev–Trinajstić information content (AvgIpc) is 2.45. The minimum absolute atomic E-state index is 0.0126. The lowest BCUT2D eigenvalue weighted by Crippen LogP contribution is -2.09. The lowest BCUT2D eigenvalue weighted by atomic mass is 10.2. The molecule has 0 aliphatic heterocycles. The van der Waals surface area contributed by atoms with Crippen molar-refractivity contribution in [2.45, 2.75) is 13.5 Å². The summed E-state index contributed by atoms with van der Waals surface area (Å²) in [6.07, 6.45) is 0. The van der Waals surface area contributed by atoms with Gasteiger partial charge in [0, 0.05) is 24.4 Å². The number of carbonyl (C=O) groups is 1. The lowest BCUT2D eigenvalue weighted by molar-refractivity contribution is -0.384. The molecule has 1 aromatic heterocycles. The Balaban J connectivity index is 2.14. The molecule has 2 aromatic rings. The molecule has 0 aliphatic rings. The molecule has 7 heteroatoms. The summed E-state index contributed by atoms with van der Waals surface area (Å²) < 4.78 is 0. The summed E-state index contributed by atoms with van der Waals surface area (Å²) in [7, 11) is 0. The Morgan fingerprint density at radius 2 is 1.95 bits per heavy atom. The number of aryl methyl sites for hydroxylation is 1. The Morgan fingerprint density at radius 1 is 1.29 bits per heavy atom. The Bertz CT molecular complexity index is 683. The highest BCUT2D eigenvalue weighted by atomic mass is 16.6. The molecule has 0 bridgehead atoms. The zero-order valence-corrected chi connectivity index (χ0v) is 11.2. The van der Waals surface area contributed by atoms with E-state index >= 15 is 0 Å². The number of carboxylic acid groups (broad SMARTS) is 1. The standard InChI is InChI=1S/C14H13N3O4/c1-9-2-7-12(14(18)19)13(16-9)15-8-10-3-5-11(6-4-10)17(20)21/h2-7H,8H2,1H3,(H,15,16)(H,18,19). The number of nitrogens with one attached hydrogen (secondary N) is 1. The Hall–Kier alpha value is -2.96. The van der Waals surface area contributed by atoms with Gasteiger partial charge in [-0.3, -0.25) is 10.1 Å². The molecular weight excluding hydrogens is 274 g/mol. The van der Waals surface area contributed by atoms with Crippen molar-refractivity contribution in [1.29, 1.82) is 0 Å². The molecule has 7 nitrogen and oxygen atoms in total. The fourth-order valence-electron chi connectivity index (χ4n) is 1.79. The van der Waals surface area contributed by atoms with Crippen LogP contribution in [0.5, 0.6) is 0 Å². The molecule has 0 fully saturated rings. The highest BCUT2D eigenvalue weighted by molar-refractivity contribution is 5.93. The van der Waals surface area contributed by atoms with Gasteiger partial charge in [-0.2, -0.15) is 0 Å². The van der Waals surface area contributed by atoms with Crippen molar-refractivity contribution in [2.24, 2.45) is 0 Å². The third-order valence-corrected chi connectivity index (χ3v) is 2.87. The number of benzene rings is 1. The first-order valence-corrected chi connectivity index (χ1v) is 6.15. The topological polar surface area (TPSA) is 105 Å². The highest BCUT2D eigenvalue weighted by Gasteiger charge is 2.11. The Labute approximate surface area is 120 Å². The van der Waals surface area contributed by atoms with E-state index in [9.17, 15) is 14.9 Å². The van der Waals surface area contributed by atoms with Gasteiger partial charge in [-0.25, -0.2) is 9.78 Å². The van der Waals surface area contributed by atoms with Crippen LogP contribution in [0, 0.1) is 17.0 Å². The molecule has 0 amide bonds. The predicted molar refractivity (Wildman–Crippen MR) is 76.4 cm³/mol. The van der Waals surface area contributed by atoms with Gasteiger partial charge in [-0.15, -0.1) is 0 Å². The van der Waals surface area contributed by atoms with Crippen molar-refractivity contribution < 1.29 is 14.8 Å². The van der Waals surface area contributed by atoms with Crippen molar-refractivity contribution in [3.63, 3.8) is 0 Å². The highest BCUT2D eigenvalue weighted by Crippen LogP contribution is 2.16.